The molecular formula is C15H21N3O5. The van der Waals surface area contributed by atoms with E-state index >= 15 is 0 Å². The Morgan fingerprint density at radius 2 is 1.96 bits per heavy atom. The normalized spacial score (nSPS) is 24.2. The van der Waals surface area contributed by atoms with Crippen LogP contribution in [0.1, 0.15) is 32.6 Å². The van der Waals surface area contributed by atoms with Crippen LogP contribution in [0.5, 0.6) is 0 Å². The van der Waals surface area contributed by atoms with Crippen molar-refractivity contribution in [2.24, 2.45) is 13.0 Å². The molecule has 1 heterocycles. The highest BCUT2D eigenvalue weighted by Crippen LogP contribution is 2.32. The molecule has 0 atom stereocenters. The number of nitrogens with zero attached hydrogens (tertiary/aromatic N) is 2. The minimum atomic E-state index is -1.27. The second kappa shape index (κ2) is 6.39. The van der Waals surface area contributed by atoms with Crippen molar-refractivity contribution < 1.29 is 14.7 Å². The molecule has 23 heavy (non-hydrogen) atoms. The Bertz CT molecular complexity index is 725. The van der Waals surface area contributed by atoms with Crippen LogP contribution in [0.2, 0.25) is 0 Å². The van der Waals surface area contributed by atoms with Crippen molar-refractivity contribution in [2.75, 3.05) is 0 Å². The van der Waals surface area contributed by atoms with Gasteiger partial charge >= 0.3 is 11.7 Å². The summed E-state index contributed by atoms with van der Waals surface area (Å²) in [6.45, 7) is 1.73. The Labute approximate surface area is 132 Å². The summed E-state index contributed by atoms with van der Waals surface area (Å²) in [5.41, 5.74) is -2.35. The lowest BCUT2D eigenvalue weighted by molar-refractivity contribution is -0.149. The second-order valence-electron chi connectivity index (χ2n) is 6.24. The first kappa shape index (κ1) is 17.0. The number of carboxylic acids is 1. The van der Waals surface area contributed by atoms with Gasteiger partial charge in [0, 0.05) is 19.3 Å². The monoisotopic (exact) mass is 323 g/mol. The first-order valence-corrected chi connectivity index (χ1v) is 7.56. The van der Waals surface area contributed by atoms with Crippen LogP contribution in [0.3, 0.4) is 0 Å². The third-order valence-corrected chi connectivity index (χ3v) is 4.49. The van der Waals surface area contributed by atoms with Gasteiger partial charge in [0.05, 0.1) is 0 Å². The number of carbonyl (C=O) groups excluding carboxylic acids is 1. The molecule has 2 N–H and O–H groups in total. The summed E-state index contributed by atoms with van der Waals surface area (Å²) in [5, 5.41) is 12.1. The SMILES string of the molecule is CC1CCC(NC(=O)Cn2ccc(=O)n(C)c2=O)(C(=O)O)CC1. The number of carbonyl (C=O) groups is 2. The number of hydrogen-bond donors (Lipinski definition) is 2. The molecule has 8 nitrogen and oxygen atoms in total. The summed E-state index contributed by atoms with van der Waals surface area (Å²) in [5.74, 6) is -1.17. The molecule has 0 unspecified atom stereocenters. The summed E-state index contributed by atoms with van der Waals surface area (Å²) in [4.78, 5) is 47.0. The maximum Gasteiger partial charge on any atom is 0.331 e. The molecule has 126 valence electrons. The van der Waals surface area contributed by atoms with Gasteiger partial charge in [0.1, 0.15) is 12.1 Å². The van der Waals surface area contributed by atoms with Crippen molar-refractivity contribution >= 4 is 11.9 Å². The Hall–Kier alpha value is -2.38. The molecule has 8 heteroatoms. The van der Waals surface area contributed by atoms with Crippen molar-refractivity contribution in [1.29, 1.82) is 0 Å². The zero-order valence-corrected chi connectivity index (χ0v) is 13.2. The van der Waals surface area contributed by atoms with Gasteiger partial charge in [-0.05, 0) is 31.6 Å². The van der Waals surface area contributed by atoms with E-state index < -0.39 is 28.7 Å². The van der Waals surface area contributed by atoms with Crippen LogP contribution >= 0.6 is 0 Å². The van der Waals surface area contributed by atoms with Crippen LogP contribution in [0.15, 0.2) is 21.9 Å². The fourth-order valence-electron chi connectivity index (χ4n) is 2.84. The van der Waals surface area contributed by atoms with E-state index in [1.54, 1.807) is 0 Å². The number of nitrogens with one attached hydrogen (secondary N) is 1. The Kier molecular flexibility index (Phi) is 4.72. The third kappa shape index (κ3) is 3.52. The van der Waals surface area contributed by atoms with Crippen LogP contribution in [0, 0.1) is 5.92 Å². The van der Waals surface area contributed by atoms with E-state index in [2.05, 4.69) is 12.2 Å². The predicted molar refractivity (Wildman–Crippen MR) is 82.1 cm³/mol. The minimum Gasteiger partial charge on any atom is -0.480 e. The highest BCUT2D eigenvalue weighted by Gasteiger charge is 2.42. The van der Waals surface area contributed by atoms with Crippen molar-refractivity contribution in [2.45, 2.75) is 44.7 Å². The molecule has 1 amide bonds. The lowest BCUT2D eigenvalue weighted by Gasteiger charge is -2.36. The Balaban J connectivity index is 2.15. The van der Waals surface area contributed by atoms with Crippen molar-refractivity contribution in [3.8, 4) is 0 Å². The van der Waals surface area contributed by atoms with Crippen LogP contribution in [-0.2, 0) is 23.2 Å². The standard InChI is InChI=1S/C15H21N3O5/c1-10-3-6-15(7-4-10,13(21)22)16-11(19)9-18-8-5-12(20)17(2)14(18)23/h5,8,10H,3-4,6-7,9H2,1-2H3,(H,16,19)(H,21,22). The van der Waals surface area contributed by atoms with Crippen LogP contribution in [0.4, 0.5) is 0 Å². The summed E-state index contributed by atoms with van der Waals surface area (Å²) in [6.07, 6.45) is 3.44. The molecule has 1 fully saturated rings. The third-order valence-electron chi connectivity index (χ3n) is 4.49. The minimum absolute atomic E-state index is 0.322. The van der Waals surface area contributed by atoms with Gasteiger partial charge in [0.25, 0.3) is 5.56 Å². The smallest absolute Gasteiger partial charge is 0.331 e. The number of aromatic nitrogens is 2. The predicted octanol–water partition coefficient (Wildman–Crippen LogP) is -0.303. The highest BCUT2D eigenvalue weighted by molar-refractivity contribution is 5.87. The van der Waals surface area contributed by atoms with E-state index in [4.69, 9.17) is 0 Å². The maximum atomic E-state index is 12.2. The molecule has 0 radical (unpaired) electrons. The van der Waals surface area contributed by atoms with Gasteiger partial charge in [0.15, 0.2) is 0 Å². The maximum absolute atomic E-state index is 12.2. The van der Waals surface area contributed by atoms with Gasteiger partial charge in [-0.15, -0.1) is 0 Å². The van der Waals surface area contributed by atoms with E-state index in [-0.39, 0.29) is 6.54 Å². The van der Waals surface area contributed by atoms with Crippen LogP contribution in [-0.4, -0.2) is 31.7 Å². The molecule has 0 aromatic carbocycles. The van der Waals surface area contributed by atoms with Crippen molar-refractivity contribution in [3.05, 3.63) is 33.1 Å². The first-order chi connectivity index (χ1) is 10.7. The van der Waals surface area contributed by atoms with Gasteiger partial charge in [-0.2, -0.15) is 0 Å². The fraction of sp³-hybridized carbons (Fsp3) is 0.600. The van der Waals surface area contributed by atoms with Gasteiger partial charge in [0.2, 0.25) is 5.91 Å². The molecular weight excluding hydrogens is 302 g/mol. The summed E-state index contributed by atoms with van der Waals surface area (Å²) in [7, 11) is 1.32. The topological polar surface area (TPSA) is 110 Å². The Morgan fingerprint density at radius 1 is 1.35 bits per heavy atom. The van der Waals surface area contributed by atoms with E-state index in [0.29, 0.717) is 18.8 Å². The summed E-state index contributed by atoms with van der Waals surface area (Å²) in [6, 6.07) is 1.18. The van der Waals surface area contributed by atoms with E-state index in [1.165, 1.54) is 19.3 Å². The average molecular weight is 323 g/mol. The van der Waals surface area contributed by atoms with Crippen molar-refractivity contribution in [1.82, 2.24) is 14.5 Å². The van der Waals surface area contributed by atoms with Gasteiger partial charge in [-0.25, -0.2) is 9.59 Å². The second-order valence-corrected chi connectivity index (χ2v) is 6.24. The summed E-state index contributed by atoms with van der Waals surface area (Å²) >= 11 is 0. The molecule has 1 aliphatic carbocycles. The van der Waals surface area contributed by atoms with E-state index in [0.717, 1.165) is 22.0 Å². The van der Waals surface area contributed by atoms with Gasteiger partial charge < -0.3 is 10.4 Å². The first-order valence-electron chi connectivity index (χ1n) is 7.56. The molecule has 0 bridgehead atoms. The zero-order chi connectivity index (χ0) is 17.2. The lowest BCUT2D eigenvalue weighted by atomic mass is 9.77. The molecule has 2 rings (SSSR count). The number of hydrogen-bond acceptors (Lipinski definition) is 4. The number of aliphatic carboxylic acids is 1. The molecule has 1 aromatic heterocycles. The van der Waals surface area contributed by atoms with E-state index in [9.17, 15) is 24.3 Å². The lowest BCUT2D eigenvalue weighted by Crippen LogP contribution is -2.57. The molecule has 0 saturated heterocycles. The quantitative estimate of drug-likeness (QED) is 0.790. The number of rotatable bonds is 4. The van der Waals surface area contributed by atoms with E-state index in [1.807, 2.05) is 0 Å². The van der Waals surface area contributed by atoms with Crippen LogP contribution < -0.4 is 16.6 Å². The fourth-order valence-corrected chi connectivity index (χ4v) is 2.84. The van der Waals surface area contributed by atoms with Crippen molar-refractivity contribution in [3.63, 3.8) is 0 Å². The molecule has 1 saturated carbocycles. The molecule has 0 spiro atoms. The zero-order valence-electron chi connectivity index (χ0n) is 13.2. The molecule has 0 aliphatic heterocycles. The van der Waals surface area contributed by atoms with Gasteiger partial charge in [-0.1, -0.05) is 6.92 Å². The van der Waals surface area contributed by atoms with Gasteiger partial charge in [-0.3, -0.25) is 18.7 Å². The highest BCUT2D eigenvalue weighted by atomic mass is 16.4. The number of carboxylic acid groups (broad SMARTS) is 1. The average Bonchev–Trinajstić information content (AvgIpc) is 2.50. The largest absolute Gasteiger partial charge is 0.480 e. The molecule has 1 aromatic rings. The van der Waals surface area contributed by atoms with Crippen LogP contribution in [0.25, 0.3) is 0 Å². The molecule has 1 aliphatic rings. The number of amides is 1. The Morgan fingerprint density at radius 3 is 2.52 bits per heavy atom. The summed E-state index contributed by atoms with van der Waals surface area (Å²) < 4.78 is 1.97.